The molecule has 40 heavy (non-hydrogen) atoms. The van der Waals surface area contributed by atoms with Crippen LogP contribution in [-0.2, 0) is 26.1 Å². The Morgan fingerprint density at radius 3 is 1.48 bits per heavy atom. The first-order valence-corrected chi connectivity index (χ1v) is 18.2. The van der Waals surface area contributed by atoms with E-state index in [-0.39, 0.29) is 27.8 Å². The van der Waals surface area contributed by atoms with Crippen molar-refractivity contribution < 1.29 is 4.43 Å². The maximum absolute atomic E-state index is 7.25. The van der Waals surface area contributed by atoms with Crippen molar-refractivity contribution in [3.63, 3.8) is 0 Å². The van der Waals surface area contributed by atoms with Crippen molar-refractivity contribution >= 4 is 14.2 Å². The van der Waals surface area contributed by atoms with Crippen molar-refractivity contribution in [3.8, 4) is 0 Å². The van der Waals surface area contributed by atoms with Crippen molar-refractivity contribution in [1.82, 2.24) is 0 Å². The topological polar surface area (TPSA) is 9.23 Å². The third kappa shape index (κ3) is 4.09. The SMILES string of the molecule is CCC1(CC)CC(CC)(CC)c2c1cc1c(c2[Si]2C=CC(c3ccc(C)cc3)O2)C(CC)(CC)CC1(CC)CC. The van der Waals surface area contributed by atoms with E-state index in [0.717, 1.165) is 0 Å². The lowest BCUT2D eigenvalue weighted by Gasteiger charge is -2.36. The van der Waals surface area contributed by atoms with Crippen molar-refractivity contribution in [1.29, 1.82) is 0 Å². The lowest BCUT2D eigenvalue weighted by molar-refractivity contribution is 0.272. The highest BCUT2D eigenvalue weighted by Crippen LogP contribution is 2.62. The minimum Gasteiger partial charge on any atom is -0.397 e. The molecule has 1 nitrogen and oxygen atoms in total. The average Bonchev–Trinajstić information content (AvgIpc) is 3.68. The highest BCUT2D eigenvalue weighted by Gasteiger charge is 2.57. The van der Waals surface area contributed by atoms with Crippen molar-refractivity contribution in [2.24, 2.45) is 0 Å². The third-order valence-electron chi connectivity index (χ3n) is 12.6. The number of rotatable bonds is 10. The molecule has 217 valence electrons. The number of fused-ring (bicyclic) bond motifs is 2. The fourth-order valence-electron chi connectivity index (χ4n) is 9.47. The molecule has 0 saturated heterocycles. The van der Waals surface area contributed by atoms with Crippen molar-refractivity contribution in [3.05, 3.63) is 75.5 Å². The zero-order chi connectivity index (χ0) is 28.9. The van der Waals surface area contributed by atoms with Gasteiger partial charge in [-0.15, -0.1) is 0 Å². The fourth-order valence-corrected chi connectivity index (χ4v) is 12.0. The van der Waals surface area contributed by atoms with E-state index < -0.39 is 9.04 Å². The molecule has 2 aromatic rings. The van der Waals surface area contributed by atoms with Gasteiger partial charge in [0.05, 0.1) is 6.10 Å². The summed E-state index contributed by atoms with van der Waals surface area (Å²) in [4.78, 5) is 0. The Labute approximate surface area is 247 Å². The Hall–Kier alpha value is -1.64. The standard InChI is InChI=1S/C38H55OSi/c1-10-35(11-2)25-37(14-5,15-6)32-29(35)24-30-33(38(16-7,17-8)26-36(30,12-3)13-4)34(32)40-23-22-31(39-40)28-20-18-27(9)19-21-28/h18-24,31H,10-17,25-26H2,1-9H3. The molecule has 1 heterocycles. The molecule has 5 rings (SSSR count). The van der Waals surface area contributed by atoms with Crippen LogP contribution >= 0.6 is 0 Å². The molecular weight excluding hydrogens is 501 g/mol. The summed E-state index contributed by atoms with van der Waals surface area (Å²) >= 11 is 0. The van der Waals surface area contributed by atoms with E-state index in [1.807, 2.05) is 0 Å². The van der Waals surface area contributed by atoms with E-state index in [4.69, 9.17) is 4.43 Å². The predicted octanol–water partition coefficient (Wildman–Crippen LogP) is 10.1. The second-order valence-corrected chi connectivity index (χ2v) is 15.4. The number of hydrogen-bond donors (Lipinski definition) is 0. The summed E-state index contributed by atoms with van der Waals surface area (Å²) in [5, 5.41) is 1.70. The molecule has 0 spiro atoms. The summed E-state index contributed by atoms with van der Waals surface area (Å²) < 4.78 is 7.25. The van der Waals surface area contributed by atoms with Crippen LogP contribution in [0.3, 0.4) is 0 Å². The van der Waals surface area contributed by atoms with Crippen molar-refractivity contribution in [2.75, 3.05) is 0 Å². The van der Waals surface area contributed by atoms with Crippen LogP contribution in [0, 0.1) is 6.92 Å². The second-order valence-electron chi connectivity index (χ2n) is 13.6. The second kappa shape index (κ2) is 10.9. The molecule has 0 fully saturated rings. The van der Waals surface area contributed by atoms with Gasteiger partial charge in [0.15, 0.2) is 0 Å². The highest BCUT2D eigenvalue weighted by atomic mass is 28.3. The molecule has 0 amide bonds. The lowest BCUT2D eigenvalue weighted by atomic mass is 9.70. The first-order chi connectivity index (χ1) is 19.2. The Bertz CT molecular complexity index is 1170. The molecule has 1 atom stereocenters. The maximum Gasteiger partial charge on any atom is 0.276 e. The fraction of sp³-hybridized carbons (Fsp3) is 0.632. The van der Waals surface area contributed by atoms with Crippen molar-refractivity contribution in [2.45, 2.75) is 154 Å². The van der Waals surface area contributed by atoms with Gasteiger partial charge in [0.2, 0.25) is 0 Å². The van der Waals surface area contributed by atoms with Gasteiger partial charge in [0.1, 0.15) is 0 Å². The van der Waals surface area contributed by atoms with Crippen LogP contribution in [0.5, 0.6) is 0 Å². The van der Waals surface area contributed by atoms with Gasteiger partial charge in [-0.1, -0.05) is 103 Å². The Kier molecular flexibility index (Phi) is 8.12. The smallest absolute Gasteiger partial charge is 0.276 e. The van der Waals surface area contributed by atoms with E-state index in [9.17, 15) is 0 Å². The van der Waals surface area contributed by atoms with Crippen LogP contribution in [0.2, 0.25) is 0 Å². The molecule has 1 radical (unpaired) electrons. The Balaban J connectivity index is 1.84. The van der Waals surface area contributed by atoms with E-state index in [2.05, 4.69) is 104 Å². The van der Waals surface area contributed by atoms with Crippen LogP contribution in [-0.4, -0.2) is 9.04 Å². The van der Waals surface area contributed by atoms with Crippen LogP contribution in [0.15, 0.2) is 42.1 Å². The van der Waals surface area contributed by atoms with Crippen LogP contribution in [0.4, 0.5) is 0 Å². The lowest BCUT2D eigenvalue weighted by Crippen LogP contribution is -2.44. The summed E-state index contributed by atoms with van der Waals surface area (Å²) in [6, 6.07) is 11.8. The first-order valence-electron chi connectivity index (χ1n) is 16.7. The van der Waals surface area contributed by atoms with E-state index in [1.165, 1.54) is 75.3 Å². The third-order valence-corrected chi connectivity index (χ3v) is 14.6. The van der Waals surface area contributed by atoms with Gasteiger partial charge in [-0.05, 0) is 126 Å². The molecule has 2 heteroatoms. The Morgan fingerprint density at radius 1 is 0.650 bits per heavy atom. The van der Waals surface area contributed by atoms with Gasteiger partial charge < -0.3 is 4.43 Å². The molecule has 2 aromatic carbocycles. The Morgan fingerprint density at radius 2 is 1.07 bits per heavy atom. The van der Waals surface area contributed by atoms with Crippen LogP contribution in [0.25, 0.3) is 0 Å². The summed E-state index contributed by atoms with van der Waals surface area (Å²) in [7, 11) is -1.33. The number of hydrogen-bond acceptors (Lipinski definition) is 1. The van der Waals surface area contributed by atoms with Gasteiger partial charge >= 0.3 is 0 Å². The number of aryl methyl sites for hydroxylation is 1. The minimum atomic E-state index is -1.33. The number of benzene rings is 2. The van der Waals surface area contributed by atoms with Gasteiger partial charge in [-0.3, -0.25) is 0 Å². The normalized spacial score (nSPS) is 23.5. The quantitative estimate of drug-likeness (QED) is 0.265. The zero-order valence-electron chi connectivity index (χ0n) is 27.1. The largest absolute Gasteiger partial charge is 0.397 e. The van der Waals surface area contributed by atoms with E-state index in [0.29, 0.717) is 0 Å². The van der Waals surface area contributed by atoms with Crippen LogP contribution in [0.1, 0.15) is 159 Å². The predicted molar refractivity (Wildman–Crippen MR) is 174 cm³/mol. The monoisotopic (exact) mass is 555 g/mol. The molecule has 3 aliphatic rings. The van der Waals surface area contributed by atoms with Crippen LogP contribution < -0.4 is 5.19 Å². The minimum absolute atomic E-state index is 0.0725. The van der Waals surface area contributed by atoms with Gasteiger partial charge in [0.25, 0.3) is 9.04 Å². The summed E-state index contributed by atoms with van der Waals surface area (Å²) in [6.07, 6.45) is 14.9. The van der Waals surface area contributed by atoms with Gasteiger partial charge in [-0.2, -0.15) is 0 Å². The van der Waals surface area contributed by atoms with Gasteiger partial charge in [-0.25, -0.2) is 0 Å². The summed E-state index contributed by atoms with van der Waals surface area (Å²) in [6.45, 7) is 21.9. The molecule has 1 aliphatic heterocycles. The molecule has 0 N–H and O–H groups in total. The molecular formula is C38H55OSi. The highest BCUT2D eigenvalue weighted by molar-refractivity contribution is 6.74. The molecule has 1 unspecified atom stereocenters. The molecule has 0 saturated carbocycles. The summed E-state index contributed by atoms with van der Waals surface area (Å²) in [5.74, 6) is 0. The average molecular weight is 556 g/mol. The van der Waals surface area contributed by atoms with E-state index >= 15 is 0 Å². The molecule has 2 aliphatic carbocycles. The zero-order valence-corrected chi connectivity index (χ0v) is 28.1. The molecule has 0 bridgehead atoms. The first kappa shape index (κ1) is 29.8. The molecule has 0 aromatic heterocycles. The summed E-state index contributed by atoms with van der Waals surface area (Å²) in [5.41, 5.74) is 13.1. The van der Waals surface area contributed by atoms with E-state index in [1.54, 1.807) is 27.4 Å². The van der Waals surface area contributed by atoms with Gasteiger partial charge in [0, 0.05) is 0 Å². The maximum atomic E-state index is 7.25.